The molecule has 0 atom stereocenters. The second kappa shape index (κ2) is 8.69. The molecule has 14 heteroatoms. The Balaban J connectivity index is 2.02. The van der Waals surface area contributed by atoms with E-state index in [2.05, 4.69) is 20.5 Å². The molecule has 1 aromatic heterocycles. The average Bonchev–Trinajstić information content (AvgIpc) is 2.72. The number of benzene rings is 2. The molecule has 0 radical (unpaired) electrons. The van der Waals surface area contributed by atoms with Crippen molar-refractivity contribution in [2.45, 2.75) is 9.79 Å². The van der Waals surface area contributed by atoms with Crippen LogP contribution in [0.2, 0.25) is 0 Å². The topological polar surface area (TPSA) is 203 Å². The maximum absolute atomic E-state index is 12.2. The molecule has 0 saturated carbocycles. The Morgan fingerprint density at radius 1 is 1.06 bits per heavy atom. The van der Waals surface area contributed by atoms with Gasteiger partial charge in [-0.05, 0) is 18.2 Å². The molecule has 0 aliphatic carbocycles. The number of rotatable bonds is 6. The fourth-order valence-corrected chi connectivity index (χ4v) is 3.79. The Labute approximate surface area is 181 Å². The highest BCUT2D eigenvalue weighted by Crippen LogP contribution is 2.20. The van der Waals surface area contributed by atoms with Crippen LogP contribution < -0.4 is 11.0 Å². The summed E-state index contributed by atoms with van der Waals surface area (Å²) in [5.41, 5.74) is 1.52. The summed E-state index contributed by atoms with van der Waals surface area (Å²) >= 11 is 0. The van der Waals surface area contributed by atoms with E-state index in [1.165, 1.54) is 0 Å². The number of H-pyrrole nitrogens is 1. The van der Waals surface area contributed by atoms with Gasteiger partial charge in [-0.25, -0.2) is 10.4 Å². The van der Waals surface area contributed by atoms with Crippen LogP contribution in [-0.4, -0.2) is 42.1 Å². The Morgan fingerprint density at radius 2 is 1.75 bits per heavy atom. The summed E-state index contributed by atoms with van der Waals surface area (Å²) in [7, 11) is -9.42. The van der Waals surface area contributed by atoms with Gasteiger partial charge in [0.05, 0.1) is 16.8 Å². The summed E-state index contributed by atoms with van der Waals surface area (Å²) in [5, 5.41) is 13.0. The molecule has 4 N–H and O–H groups in total. The van der Waals surface area contributed by atoms with E-state index in [1.54, 1.807) is 36.4 Å². The van der Waals surface area contributed by atoms with E-state index in [-0.39, 0.29) is 22.8 Å². The van der Waals surface area contributed by atoms with E-state index in [0.717, 1.165) is 24.4 Å². The van der Waals surface area contributed by atoms with Gasteiger partial charge in [0.1, 0.15) is 16.5 Å². The molecule has 0 aliphatic heterocycles. The molecule has 3 aromatic rings. The molecule has 0 bridgehead atoms. The molecule has 0 spiro atoms. The van der Waals surface area contributed by atoms with Crippen LogP contribution in [0.1, 0.15) is 11.1 Å². The molecule has 0 fully saturated rings. The maximum atomic E-state index is 12.2. The smallest absolute Gasteiger partial charge is 0.290 e. The summed E-state index contributed by atoms with van der Waals surface area (Å²) in [5.74, 6) is -0.205. The molecule has 1 heterocycles. The number of aromatic amines is 1. The third-order valence-electron chi connectivity index (χ3n) is 4.01. The van der Waals surface area contributed by atoms with Crippen LogP contribution in [-0.2, 0) is 20.2 Å². The van der Waals surface area contributed by atoms with Crippen molar-refractivity contribution in [3.05, 3.63) is 70.0 Å². The zero-order valence-electron chi connectivity index (χ0n) is 15.8. The summed E-state index contributed by atoms with van der Waals surface area (Å²) in [6.07, 6.45) is 0.832. The minimum atomic E-state index is -4.75. The lowest BCUT2D eigenvalue weighted by Crippen LogP contribution is -2.16. The molecule has 12 nitrogen and oxygen atoms in total. The summed E-state index contributed by atoms with van der Waals surface area (Å²) in [4.78, 5) is 17.3. The summed E-state index contributed by atoms with van der Waals surface area (Å²) < 4.78 is 64.2. The minimum Gasteiger partial charge on any atom is -0.290 e. The van der Waals surface area contributed by atoms with Crippen LogP contribution in [0.3, 0.4) is 0 Å². The number of nitrogens with one attached hydrogen (secondary N) is 2. The highest BCUT2D eigenvalue weighted by Gasteiger charge is 2.19. The van der Waals surface area contributed by atoms with Crippen molar-refractivity contribution < 1.29 is 25.9 Å². The maximum Gasteiger partial charge on any atom is 0.295 e. The average molecular weight is 475 g/mol. The van der Waals surface area contributed by atoms with E-state index in [1.807, 2.05) is 0 Å². The molecule has 0 amide bonds. The Kier molecular flexibility index (Phi) is 6.18. The van der Waals surface area contributed by atoms with Gasteiger partial charge in [-0.2, -0.15) is 27.2 Å². The van der Waals surface area contributed by atoms with E-state index in [4.69, 9.17) is 4.55 Å². The van der Waals surface area contributed by atoms with Crippen LogP contribution in [0.4, 0.5) is 5.95 Å². The van der Waals surface area contributed by atoms with Gasteiger partial charge in [0.15, 0.2) is 0 Å². The monoisotopic (exact) mass is 475 g/mol. The third-order valence-corrected chi connectivity index (χ3v) is 5.79. The van der Waals surface area contributed by atoms with Crippen molar-refractivity contribution in [1.29, 1.82) is 5.26 Å². The Hall–Kier alpha value is -3.90. The molecule has 164 valence electrons. The van der Waals surface area contributed by atoms with Crippen molar-refractivity contribution in [2.75, 3.05) is 5.43 Å². The van der Waals surface area contributed by atoms with Gasteiger partial charge in [-0.15, -0.1) is 0 Å². The first-order valence-corrected chi connectivity index (χ1v) is 11.4. The van der Waals surface area contributed by atoms with Crippen molar-refractivity contribution in [1.82, 2.24) is 9.97 Å². The van der Waals surface area contributed by atoms with Gasteiger partial charge in [-0.1, -0.05) is 30.3 Å². The van der Waals surface area contributed by atoms with Crippen LogP contribution >= 0.6 is 0 Å². The lowest BCUT2D eigenvalue weighted by molar-refractivity contribution is 0.478. The molecule has 0 unspecified atom stereocenters. The number of nitriles is 1. The quantitative estimate of drug-likeness (QED) is 0.228. The van der Waals surface area contributed by atoms with Crippen LogP contribution in [0.5, 0.6) is 0 Å². The zero-order chi connectivity index (χ0) is 23.5. The molecule has 2 aromatic carbocycles. The van der Waals surface area contributed by atoms with Crippen LogP contribution in [0.25, 0.3) is 11.3 Å². The van der Waals surface area contributed by atoms with Gasteiger partial charge in [-0.3, -0.25) is 18.9 Å². The van der Waals surface area contributed by atoms with Gasteiger partial charge < -0.3 is 0 Å². The number of nitrogens with zero attached hydrogens (tertiary/aromatic N) is 3. The third kappa shape index (κ3) is 5.04. The fourth-order valence-electron chi connectivity index (χ4n) is 2.62. The predicted molar refractivity (Wildman–Crippen MR) is 112 cm³/mol. The molecule has 0 saturated heterocycles. The van der Waals surface area contributed by atoms with Crippen molar-refractivity contribution >= 4 is 32.4 Å². The summed E-state index contributed by atoms with van der Waals surface area (Å²) in [6.45, 7) is 0. The molecule has 3 rings (SSSR count). The number of hydrogen-bond acceptors (Lipinski definition) is 9. The SMILES string of the molecule is N#Cc1c(-c2ccccc2)nc(NN=Cc2cc(S(=O)(=O)O)ccc2S(=O)(=O)O)[nH]c1=O. The Bertz CT molecular complexity index is 1520. The van der Waals surface area contributed by atoms with Gasteiger partial charge in [0, 0.05) is 11.1 Å². The zero-order valence-corrected chi connectivity index (χ0v) is 17.4. The molecular formula is C18H13N5O7S2. The minimum absolute atomic E-state index is 0.0709. The van der Waals surface area contributed by atoms with Crippen molar-refractivity contribution in [3.8, 4) is 17.3 Å². The molecule has 32 heavy (non-hydrogen) atoms. The largest absolute Gasteiger partial charge is 0.295 e. The predicted octanol–water partition coefficient (Wildman–Crippen LogP) is 1.25. The van der Waals surface area contributed by atoms with E-state index in [9.17, 15) is 31.4 Å². The van der Waals surface area contributed by atoms with Gasteiger partial charge in [0.25, 0.3) is 25.8 Å². The molecule has 0 aliphatic rings. The van der Waals surface area contributed by atoms with Gasteiger partial charge >= 0.3 is 0 Å². The van der Waals surface area contributed by atoms with E-state index < -0.39 is 35.6 Å². The number of aromatic nitrogens is 2. The van der Waals surface area contributed by atoms with Crippen molar-refractivity contribution in [3.63, 3.8) is 0 Å². The molecular weight excluding hydrogens is 462 g/mol. The van der Waals surface area contributed by atoms with Gasteiger partial charge in [0.2, 0.25) is 5.95 Å². The van der Waals surface area contributed by atoms with Crippen LogP contribution in [0, 0.1) is 11.3 Å². The standard InChI is InChI=1S/C18H13N5O7S2/c19-9-14-16(11-4-2-1-3-5-11)21-18(22-17(14)24)23-20-10-12-8-13(31(25,26)27)6-7-15(12)32(28,29)30/h1-8,10H,(H,25,26,27)(H,28,29,30)(H2,21,22,23,24). The first-order chi connectivity index (χ1) is 15.0. The number of hydrogen-bond donors (Lipinski definition) is 4. The Morgan fingerprint density at radius 3 is 2.34 bits per heavy atom. The lowest BCUT2D eigenvalue weighted by atomic mass is 10.1. The van der Waals surface area contributed by atoms with Crippen LogP contribution in [0.15, 0.2) is 68.2 Å². The number of anilines is 1. The normalized spacial score (nSPS) is 11.9. The van der Waals surface area contributed by atoms with Crippen molar-refractivity contribution in [2.24, 2.45) is 5.10 Å². The highest BCUT2D eigenvalue weighted by molar-refractivity contribution is 7.86. The first-order valence-electron chi connectivity index (χ1n) is 8.48. The fraction of sp³-hybridized carbons (Fsp3) is 0. The summed E-state index contributed by atoms with van der Waals surface area (Å²) in [6, 6.07) is 12.5. The number of hydrazone groups is 1. The second-order valence-corrected chi connectivity index (χ2v) is 8.95. The van der Waals surface area contributed by atoms with E-state index >= 15 is 0 Å². The van der Waals surface area contributed by atoms with E-state index in [0.29, 0.717) is 5.56 Å². The highest BCUT2D eigenvalue weighted by atomic mass is 32.2. The lowest BCUT2D eigenvalue weighted by Gasteiger charge is -2.07. The first kappa shape index (κ1) is 22.8. The second-order valence-electron chi connectivity index (χ2n) is 6.14.